The average molecular weight is 212 g/mol. The van der Waals surface area contributed by atoms with Gasteiger partial charge in [0.25, 0.3) is 0 Å². The van der Waals surface area contributed by atoms with Crippen LogP contribution in [0, 0.1) is 0 Å². The second kappa shape index (κ2) is 5.53. The summed E-state index contributed by atoms with van der Waals surface area (Å²) in [6.07, 6.45) is 5.68. The number of carbonyl (C=O) groups excluding carboxylic acids is 2. The zero-order valence-electron chi connectivity index (χ0n) is 9.06. The predicted molar refractivity (Wildman–Crippen MR) is 54.1 cm³/mol. The zero-order chi connectivity index (χ0) is 11.3. The van der Waals surface area contributed by atoms with E-state index in [1.807, 2.05) is 0 Å². The van der Waals surface area contributed by atoms with Gasteiger partial charge in [-0.05, 0) is 31.4 Å². The molecule has 84 valence electrons. The highest BCUT2D eigenvalue weighted by Crippen LogP contribution is 2.16. The zero-order valence-corrected chi connectivity index (χ0v) is 9.06. The van der Waals surface area contributed by atoms with Gasteiger partial charge in [-0.15, -0.1) is 0 Å². The number of hydrogen-bond donors (Lipinski definition) is 0. The molecule has 0 amide bonds. The van der Waals surface area contributed by atoms with Crippen LogP contribution < -0.4 is 0 Å². The van der Waals surface area contributed by atoms with Crippen LogP contribution in [0.5, 0.6) is 0 Å². The van der Waals surface area contributed by atoms with Crippen molar-refractivity contribution in [3.05, 3.63) is 12.2 Å². The Balaban J connectivity index is 2.48. The fraction of sp³-hybridized carbons (Fsp3) is 0.636. The summed E-state index contributed by atoms with van der Waals surface area (Å²) in [6, 6.07) is 0. The van der Waals surface area contributed by atoms with E-state index in [-0.39, 0.29) is 24.1 Å². The van der Waals surface area contributed by atoms with Crippen molar-refractivity contribution < 1.29 is 19.1 Å². The van der Waals surface area contributed by atoms with Gasteiger partial charge in [-0.25, -0.2) is 0 Å². The van der Waals surface area contributed by atoms with Crippen molar-refractivity contribution in [3.8, 4) is 0 Å². The molecule has 1 rings (SSSR count). The van der Waals surface area contributed by atoms with Crippen LogP contribution in [0.15, 0.2) is 12.2 Å². The molecule has 0 heterocycles. The van der Waals surface area contributed by atoms with Crippen molar-refractivity contribution in [1.82, 2.24) is 0 Å². The van der Waals surface area contributed by atoms with Crippen molar-refractivity contribution >= 4 is 11.9 Å². The van der Waals surface area contributed by atoms with E-state index >= 15 is 0 Å². The van der Waals surface area contributed by atoms with Gasteiger partial charge in [0, 0.05) is 13.8 Å². The maximum absolute atomic E-state index is 10.7. The van der Waals surface area contributed by atoms with Crippen molar-refractivity contribution in [2.75, 3.05) is 0 Å². The topological polar surface area (TPSA) is 52.6 Å². The highest BCUT2D eigenvalue weighted by molar-refractivity contribution is 5.66. The Hall–Kier alpha value is -1.32. The maximum atomic E-state index is 10.7. The summed E-state index contributed by atoms with van der Waals surface area (Å²) in [5.74, 6) is -0.564. The summed E-state index contributed by atoms with van der Waals surface area (Å²) < 4.78 is 10.1. The Morgan fingerprint density at radius 2 is 1.40 bits per heavy atom. The first-order chi connectivity index (χ1) is 7.08. The fourth-order valence-corrected chi connectivity index (χ4v) is 1.58. The van der Waals surface area contributed by atoms with Crippen LogP contribution >= 0.6 is 0 Å². The molecular formula is C11H16O4. The number of ether oxygens (including phenoxy) is 2. The Kier molecular flexibility index (Phi) is 4.34. The third-order valence-electron chi connectivity index (χ3n) is 2.15. The molecule has 0 radical (unpaired) electrons. The van der Waals surface area contributed by atoms with Gasteiger partial charge in [0.15, 0.2) is 0 Å². The van der Waals surface area contributed by atoms with Crippen molar-refractivity contribution in [1.29, 1.82) is 0 Å². The highest BCUT2D eigenvalue weighted by Gasteiger charge is 2.16. The molecule has 4 heteroatoms. The summed E-state index contributed by atoms with van der Waals surface area (Å²) in [5.41, 5.74) is 0. The predicted octanol–water partition coefficient (Wildman–Crippen LogP) is 1.59. The molecule has 0 aromatic heterocycles. The monoisotopic (exact) mass is 212 g/mol. The minimum absolute atomic E-state index is 0.178. The molecule has 2 unspecified atom stereocenters. The molecule has 15 heavy (non-hydrogen) atoms. The van der Waals surface area contributed by atoms with E-state index in [0.717, 1.165) is 19.3 Å². The van der Waals surface area contributed by atoms with Crippen LogP contribution in [-0.4, -0.2) is 24.1 Å². The van der Waals surface area contributed by atoms with Crippen molar-refractivity contribution in [2.45, 2.75) is 45.3 Å². The molecule has 0 fully saturated rings. The first-order valence-corrected chi connectivity index (χ1v) is 5.10. The number of esters is 2. The van der Waals surface area contributed by atoms with Crippen LogP contribution in [0.1, 0.15) is 33.1 Å². The fourth-order valence-electron chi connectivity index (χ4n) is 1.58. The molecule has 0 aliphatic heterocycles. The molecule has 4 nitrogen and oxygen atoms in total. The first kappa shape index (κ1) is 11.8. The van der Waals surface area contributed by atoms with E-state index in [4.69, 9.17) is 9.47 Å². The van der Waals surface area contributed by atoms with E-state index in [1.54, 1.807) is 12.2 Å². The van der Waals surface area contributed by atoms with E-state index in [0.29, 0.717) is 0 Å². The summed E-state index contributed by atoms with van der Waals surface area (Å²) in [4.78, 5) is 21.5. The average Bonchev–Trinajstić information content (AvgIpc) is 2.29. The molecule has 0 aromatic carbocycles. The summed E-state index contributed by atoms with van der Waals surface area (Å²) in [6.45, 7) is 2.78. The number of carbonyl (C=O) groups is 2. The van der Waals surface area contributed by atoms with Crippen molar-refractivity contribution in [3.63, 3.8) is 0 Å². The summed E-state index contributed by atoms with van der Waals surface area (Å²) in [7, 11) is 0. The Morgan fingerprint density at radius 1 is 1.00 bits per heavy atom. The second-order valence-electron chi connectivity index (χ2n) is 3.61. The molecule has 0 saturated carbocycles. The summed E-state index contributed by atoms with van der Waals surface area (Å²) >= 11 is 0. The Bertz CT molecular complexity index is 244. The van der Waals surface area contributed by atoms with Gasteiger partial charge in [-0.2, -0.15) is 0 Å². The van der Waals surface area contributed by atoms with Gasteiger partial charge < -0.3 is 9.47 Å². The molecule has 2 atom stereocenters. The van der Waals surface area contributed by atoms with Gasteiger partial charge in [0.05, 0.1) is 0 Å². The van der Waals surface area contributed by atoms with Gasteiger partial charge in [-0.1, -0.05) is 0 Å². The van der Waals surface area contributed by atoms with E-state index in [2.05, 4.69) is 0 Å². The first-order valence-electron chi connectivity index (χ1n) is 5.10. The third kappa shape index (κ3) is 4.63. The quantitative estimate of drug-likeness (QED) is 0.515. The van der Waals surface area contributed by atoms with Crippen LogP contribution in [0.25, 0.3) is 0 Å². The molecule has 0 bridgehead atoms. The van der Waals surface area contributed by atoms with E-state index < -0.39 is 0 Å². The Labute approximate surface area is 89.2 Å². The van der Waals surface area contributed by atoms with Gasteiger partial charge in [0.2, 0.25) is 0 Å². The minimum Gasteiger partial charge on any atom is -0.458 e. The molecular weight excluding hydrogens is 196 g/mol. The normalized spacial score (nSPS) is 25.5. The van der Waals surface area contributed by atoms with Crippen LogP contribution in [0.3, 0.4) is 0 Å². The maximum Gasteiger partial charge on any atom is 0.303 e. The molecule has 1 aliphatic carbocycles. The number of rotatable bonds is 2. The lowest BCUT2D eigenvalue weighted by Gasteiger charge is -2.10. The molecule has 0 aromatic rings. The lowest BCUT2D eigenvalue weighted by molar-refractivity contribution is -0.145. The van der Waals surface area contributed by atoms with Crippen molar-refractivity contribution in [2.24, 2.45) is 0 Å². The lowest BCUT2D eigenvalue weighted by Crippen LogP contribution is -2.12. The van der Waals surface area contributed by atoms with Crippen LogP contribution in [0.2, 0.25) is 0 Å². The smallest absolute Gasteiger partial charge is 0.303 e. The standard InChI is InChI=1S/C11H16O4/c1-8(12)14-10-4-3-5-11(7-6-10)15-9(2)13/h6-7,10-11H,3-5H2,1-2H3. The lowest BCUT2D eigenvalue weighted by atomic mass is 10.2. The highest BCUT2D eigenvalue weighted by atomic mass is 16.5. The van der Waals surface area contributed by atoms with E-state index in [9.17, 15) is 9.59 Å². The minimum atomic E-state index is -0.282. The molecule has 0 saturated heterocycles. The second-order valence-corrected chi connectivity index (χ2v) is 3.61. The van der Waals surface area contributed by atoms with Crippen LogP contribution in [0.4, 0.5) is 0 Å². The van der Waals surface area contributed by atoms with Gasteiger partial charge >= 0.3 is 11.9 Å². The van der Waals surface area contributed by atoms with Gasteiger partial charge in [0.1, 0.15) is 12.2 Å². The molecule has 0 N–H and O–H groups in total. The largest absolute Gasteiger partial charge is 0.458 e. The Morgan fingerprint density at radius 3 is 1.73 bits per heavy atom. The SMILES string of the molecule is CC(=O)OC1C=CC(OC(C)=O)CCC1. The van der Waals surface area contributed by atoms with Gasteiger partial charge in [-0.3, -0.25) is 9.59 Å². The van der Waals surface area contributed by atoms with E-state index in [1.165, 1.54) is 13.8 Å². The van der Waals surface area contributed by atoms with Crippen LogP contribution in [-0.2, 0) is 19.1 Å². The number of hydrogen-bond acceptors (Lipinski definition) is 4. The molecule has 0 spiro atoms. The molecule has 1 aliphatic rings. The summed E-state index contributed by atoms with van der Waals surface area (Å²) in [5, 5.41) is 0. The third-order valence-corrected chi connectivity index (χ3v) is 2.15.